The zero-order valence-corrected chi connectivity index (χ0v) is 15.7. The summed E-state index contributed by atoms with van der Waals surface area (Å²) in [6.45, 7) is 10.0. The Kier molecular flexibility index (Phi) is 6.28. The number of aryl methyl sites for hydroxylation is 1. The highest BCUT2D eigenvalue weighted by atomic mass is 16.5. The van der Waals surface area contributed by atoms with Crippen molar-refractivity contribution in [3.05, 3.63) is 48.0 Å². The van der Waals surface area contributed by atoms with Crippen LogP contribution in [0.5, 0.6) is 5.75 Å². The Labute approximate surface area is 155 Å². The smallest absolute Gasteiger partial charge is 0.253 e. The number of carbonyl (C=O) groups excluding carboxylic acids is 1. The summed E-state index contributed by atoms with van der Waals surface area (Å²) in [6.07, 6.45) is 4.87. The number of nitrogens with zero attached hydrogens (tertiary/aromatic N) is 4. The minimum atomic E-state index is 0.107. The fraction of sp³-hybridized carbons (Fsp3) is 0.500. The first-order valence-electron chi connectivity index (χ1n) is 9.45. The lowest BCUT2D eigenvalue weighted by Gasteiger charge is -2.35. The third-order valence-electron chi connectivity index (χ3n) is 4.85. The molecule has 0 saturated carbocycles. The van der Waals surface area contributed by atoms with Crippen LogP contribution in [-0.4, -0.2) is 64.6 Å². The molecule has 0 atom stereocenters. The van der Waals surface area contributed by atoms with E-state index in [4.69, 9.17) is 4.74 Å². The van der Waals surface area contributed by atoms with E-state index in [1.807, 2.05) is 48.5 Å². The molecule has 1 aromatic carbocycles. The van der Waals surface area contributed by atoms with Crippen LogP contribution in [0, 0.1) is 0 Å². The molecule has 1 aliphatic rings. The number of aromatic nitrogens is 2. The van der Waals surface area contributed by atoms with Gasteiger partial charge in [-0.2, -0.15) is 0 Å². The minimum Gasteiger partial charge on any atom is -0.494 e. The lowest BCUT2D eigenvalue weighted by Crippen LogP contribution is -2.49. The van der Waals surface area contributed by atoms with Gasteiger partial charge >= 0.3 is 0 Å². The third-order valence-corrected chi connectivity index (χ3v) is 4.85. The van der Waals surface area contributed by atoms with E-state index in [2.05, 4.69) is 21.4 Å². The first-order chi connectivity index (χ1) is 12.7. The lowest BCUT2D eigenvalue weighted by atomic mass is 10.1. The molecule has 1 amide bonds. The SMILES string of the molecule is CCOc1ccc(C(=O)N2CCN(CCn3ccnc3CC)CC2)cc1. The largest absolute Gasteiger partial charge is 0.494 e. The van der Waals surface area contributed by atoms with Crippen LogP contribution in [0.2, 0.25) is 0 Å². The number of hydrogen-bond acceptors (Lipinski definition) is 4. The van der Waals surface area contributed by atoms with E-state index in [0.29, 0.717) is 6.61 Å². The van der Waals surface area contributed by atoms with Gasteiger partial charge in [0.2, 0.25) is 0 Å². The Hall–Kier alpha value is -2.34. The van der Waals surface area contributed by atoms with Crippen LogP contribution in [0.3, 0.4) is 0 Å². The molecule has 1 aliphatic heterocycles. The summed E-state index contributed by atoms with van der Waals surface area (Å²) in [6, 6.07) is 7.43. The van der Waals surface area contributed by atoms with Gasteiger partial charge in [0.1, 0.15) is 11.6 Å². The molecule has 0 bridgehead atoms. The van der Waals surface area contributed by atoms with Gasteiger partial charge in [0.25, 0.3) is 5.91 Å². The molecule has 0 spiro atoms. The van der Waals surface area contributed by atoms with E-state index in [1.165, 1.54) is 0 Å². The second-order valence-electron chi connectivity index (χ2n) is 6.48. The molecular formula is C20H28N4O2. The van der Waals surface area contributed by atoms with E-state index >= 15 is 0 Å². The van der Waals surface area contributed by atoms with E-state index in [1.54, 1.807) is 0 Å². The second kappa shape index (κ2) is 8.85. The van der Waals surface area contributed by atoms with Crippen molar-refractivity contribution in [3.63, 3.8) is 0 Å². The van der Waals surface area contributed by atoms with Gasteiger partial charge in [0.05, 0.1) is 6.61 Å². The van der Waals surface area contributed by atoms with E-state index in [-0.39, 0.29) is 5.91 Å². The zero-order chi connectivity index (χ0) is 18.4. The highest BCUT2D eigenvalue weighted by molar-refractivity contribution is 5.94. The van der Waals surface area contributed by atoms with Gasteiger partial charge in [-0.15, -0.1) is 0 Å². The summed E-state index contributed by atoms with van der Waals surface area (Å²) < 4.78 is 7.66. The topological polar surface area (TPSA) is 50.6 Å². The highest BCUT2D eigenvalue weighted by Gasteiger charge is 2.22. The number of imidazole rings is 1. The summed E-state index contributed by atoms with van der Waals surface area (Å²) in [5.74, 6) is 2.05. The lowest BCUT2D eigenvalue weighted by molar-refractivity contribution is 0.0633. The predicted molar refractivity (Wildman–Crippen MR) is 102 cm³/mol. The zero-order valence-electron chi connectivity index (χ0n) is 15.7. The first kappa shape index (κ1) is 18.5. The summed E-state index contributed by atoms with van der Waals surface area (Å²) >= 11 is 0. The molecule has 2 heterocycles. The van der Waals surface area contributed by atoms with Crippen LogP contribution in [0.1, 0.15) is 30.0 Å². The molecule has 6 nitrogen and oxygen atoms in total. The summed E-state index contributed by atoms with van der Waals surface area (Å²) in [4.78, 5) is 21.4. The monoisotopic (exact) mass is 356 g/mol. The Balaban J connectivity index is 1.47. The number of benzene rings is 1. The quantitative estimate of drug-likeness (QED) is 0.764. The summed E-state index contributed by atoms with van der Waals surface area (Å²) in [5.41, 5.74) is 0.730. The van der Waals surface area contributed by atoms with Crippen molar-refractivity contribution in [2.75, 3.05) is 39.3 Å². The molecule has 0 N–H and O–H groups in total. The third kappa shape index (κ3) is 4.43. The maximum Gasteiger partial charge on any atom is 0.253 e. The van der Waals surface area contributed by atoms with Gasteiger partial charge < -0.3 is 14.2 Å². The van der Waals surface area contributed by atoms with Gasteiger partial charge in [-0.05, 0) is 31.2 Å². The average molecular weight is 356 g/mol. The second-order valence-corrected chi connectivity index (χ2v) is 6.48. The Morgan fingerprint density at radius 1 is 1.08 bits per heavy atom. The molecule has 140 valence electrons. The number of piperazine rings is 1. The molecule has 26 heavy (non-hydrogen) atoms. The number of ether oxygens (including phenoxy) is 1. The number of amides is 1. The molecule has 0 unspecified atom stereocenters. The van der Waals surface area contributed by atoms with Crippen molar-refractivity contribution in [2.45, 2.75) is 26.8 Å². The number of rotatable bonds is 7. The number of carbonyl (C=O) groups is 1. The maximum atomic E-state index is 12.7. The van der Waals surface area contributed by atoms with Gasteiger partial charge in [-0.3, -0.25) is 9.69 Å². The van der Waals surface area contributed by atoms with E-state index in [0.717, 1.165) is 62.8 Å². The Bertz CT molecular complexity index is 703. The molecular weight excluding hydrogens is 328 g/mol. The van der Waals surface area contributed by atoms with Crippen LogP contribution in [0.4, 0.5) is 0 Å². The average Bonchev–Trinajstić information content (AvgIpc) is 3.15. The van der Waals surface area contributed by atoms with Gasteiger partial charge in [0.15, 0.2) is 0 Å². The van der Waals surface area contributed by atoms with E-state index in [9.17, 15) is 4.79 Å². The maximum absolute atomic E-state index is 12.7. The fourth-order valence-electron chi connectivity index (χ4n) is 3.32. The van der Waals surface area contributed by atoms with Crippen molar-refractivity contribution in [1.29, 1.82) is 0 Å². The van der Waals surface area contributed by atoms with Crippen molar-refractivity contribution in [3.8, 4) is 5.75 Å². The molecule has 1 saturated heterocycles. The predicted octanol–water partition coefficient (Wildman–Crippen LogP) is 2.30. The molecule has 2 aromatic rings. The fourth-order valence-corrected chi connectivity index (χ4v) is 3.32. The van der Waals surface area contributed by atoms with Crippen LogP contribution in [-0.2, 0) is 13.0 Å². The van der Waals surface area contributed by atoms with E-state index < -0.39 is 0 Å². The van der Waals surface area contributed by atoms with Gasteiger partial charge in [0, 0.05) is 63.6 Å². The van der Waals surface area contributed by atoms with Crippen molar-refractivity contribution in [1.82, 2.24) is 19.4 Å². The molecule has 0 radical (unpaired) electrons. The first-order valence-corrected chi connectivity index (χ1v) is 9.45. The standard InChI is InChI=1S/C20H28N4O2/c1-3-19-21-9-10-23(19)14-11-22-12-15-24(16-13-22)20(25)17-5-7-18(8-6-17)26-4-2/h5-10H,3-4,11-16H2,1-2H3. The molecule has 1 fully saturated rings. The van der Waals surface area contributed by atoms with Crippen LogP contribution in [0.25, 0.3) is 0 Å². The van der Waals surface area contributed by atoms with Gasteiger partial charge in [-0.25, -0.2) is 4.98 Å². The van der Waals surface area contributed by atoms with Crippen molar-refractivity contribution >= 4 is 5.91 Å². The highest BCUT2D eigenvalue weighted by Crippen LogP contribution is 2.15. The molecule has 1 aromatic heterocycles. The van der Waals surface area contributed by atoms with Crippen LogP contribution < -0.4 is 4.74 Å². The molecule has 3 rings (SSSR count). The molecule has 0 aliphatic carbocycles. The Morgan fingerprint density at radius 2 is 1.81 bits per heavy atom. The van der Waals surface area contributed by atoms with Crippen LogP contribution >= 0.6 is 0 Å². The van der Waals surface area contributed by atoms with Gasteiger partial charge in [-0.1, -0.05) is 6.92 Å². The molecule has 6 heteroatoms. The Morgan fingerprint density at radius 3 is 2.46 bits per heavy atom. The number of hydrogen-bond donors (Lipinski definition) is 0. The normalized spacial score (nSPS) is 15.2. The van der Waals surface area contributed by atoms with Crippen molar-refractivity contribution in [2.24, 2.45) is 0 Å². The summed E-state index contributed by atoms with van der Waals surface area (Å²) in [5, 5.41) is 0. The summed E-state index contributed by atoms with van der Waals surface area (Å²) in [7, 11) is 0. The van der Waals surface area contributed by atoms with Crippen molar-refractivity contribution < 1.29 is 9.53 Å². The minimum absolute atomic E-state index is 0.107. The van der Waals surface area contributed by atoms with Crippen LogP contribution in [0.15, 0.2) is 36.7 Å².